The average Bonchev–Trinajstić information content (AvgIpc) is 2.87. The fourth-order valence-electron chi connectivity index (χ4n) is 1.84. The SMILES string of the molecule is Nc1cc(Cl)ccc1-c1nc(-c2ccc(F)cc2Br)no1. The van der Waals surface area contributed by atoms with Crippen LogP contribution in [-0.4, -0.2) is 10.1 Å². The van der Waals surface area contributed by atoms with Crippen LogP contribution in [0, 0.1) is 5.82 Å². The summed E-state index contributed by atoms with van der Waals surface area (Å²) in [6.07, 6.45) is 0. The number of hydrogen-bond acceptors (Lipinski definition) is 4. The Morgan fingerprint density at radius 1 is 1.14 bits per heavy atom. The highest BCUT2D eigenvalue weighted by molar-refractivity contribution is 9.10. The Labute approximate surface area is 132 Å². The molecule has 4 nitrogen and oxygen atoms in total. The highest BCUT2D eigenvalue weighted by Crippen LogP contribution is 2.31. The van der Waals surface area contributed by atoms with E-state index in [2.05, 4.69) is 26.1 Å². The van der Waals surface area contributed by atoms with E-state index >= 15 is 0 Å². The normalized spacial score (nSPS) is 10.8. The van der Waals surface area contributed by atoms with Gasteiger partial charge in [0.1, 0.15) is 5.82 Å². The molecule has 1 aromatic heterocycles. The predicted molar refractivity (Wildman–Crippen MR) is 82.3 cm³/mol. The maximum Gasteiger partial charge on any atom is 0.260 e. The lowest BCUT2D eigenvalue weighted by Gasteiger charge is -2.00. The molecule has 2 aromatic carbocycles. The van der Waals surface area contributed by atoms with E-state index in [1.807, 2.05) is 0 Å². The first kappa shape index (κ1) is 14.0. The Hall–Kier alpha value is -1.92. The molecule has 0 atom stereocenters. The van der Waals surface area contributed by atoms with Gasteiger partial charge in [-0.05, 0) is 52.3 Å². The lowest BCUT2D eigenvalue weighted by Crippen LogP contribution is -1.90. The van der Waals surface area contributed by atoms with E-state index in [0.29, 0.717) is 32.1 Å². The summed E-state index contributed by atoms with van der Waals surface area (Å²) in [5.41, 5.74) is 7.54. The van der Waals surface area contributed by atoms with Crippen molar-refractivity contribution in [1.82, 2.24) is 10.1 Å². The van der Waals surface area contributed by atoms with Crippen molar-refractivity contribution < 1.29 is 8.91 Å². The largest absolute Gasteiger partial charge is 0.398 e. The lowest BCUT2D eigenvalue weighted by molar-refractivity contribution is 0.432. The molecule has 0 aliphatic rings. The Morgan fingerprint density at radius 2 is 1.90 bits per heavy atom. The fourth-order valence-corrected chi connectivity index (χ4v) is 2.55. The molecule has 21 heavy (non-hydrogen) atoms. The second-order valence-electron chi connectivity index (χ2n) is 4.28. The summed E-state index contributed by atoms with van der Waals surface area (Å²) in [4.78, 5) is 4.28. The number of benzene rings is 2. The van der Waals surface area contributed by atoms with Crippen molar-refractivity contribution >= 4 is 33.2 Å². The number of aromatic nitrogens is 2. The van der Waals surface area contributed by atoms with E-state index in [1.165, 1.54) is 12.1 Å². The number of nitrogens with zero attached hydrogens (tertiary/aromatic N) is 2. The van der Waals surface area contributed by atoms with Crippen LogP contribution < -0.4 is 5.73 Å². The summed E-state index contributed by atoms with van der Waals surface area (Å²) >= 11 is 9.12. The van der Waals surface area contributed by atoms with Gasteiger partial charge in [-0.1, -0.05) is 16.8 Å². The number of halogens is 3. The van der Waals surface area contributed by atoms with E-state index in [-0.39, 0.29) is 11.7 Å². The third kappa shape index (κ3) is 2.77. The van der Waals surface area contributed by atoms with Crippen LogP contribution in [0.25, 0.3) is 22.8 Å². The molecule has 3 aromatic rings. The zero-order chi connectivity index (χ0) is 15.0. The third-order valence-corrected chi connectivity index (χ3v) is 3.73. The van der Waals surface area contributed by atoms with E-state index in [0.717, 1.165) is 0 Å². The van der Waals surface area contributed by atoms with Gasteiger partial charge in [0.15, 0.2) is 0 Å². The Kier molecular flexibility index (Phi) is 3.65. The van der Waals surface area contributed by atoms with Gasteiger partial charge in [0.2, 0.25) is 5.82 Å². The highest BCUT2D eigenvalue weighted by Gasteiger charge is 2.15. The van der Waals surface area contributed by atoms with Crippen LogP contribution in [0.2, 0.25) is 5.02 Å². The zero-order valence-corrected chi connectivity index (χ0v) is 12.8. The minimum absolute atomic E-state index is 0.274. The first-order chi connectivity index (χ1) is 10.0. The Morgan fingerprint density at radius 3 is 2.62 bits per heavy atom. The molecule has 0 bridgehead atoms. The molecule has 0 aliphatic carbocycles. The van der Waals surface area contributed by atoms with Crippen LogP contribution in [0.4, 0.5) is 10.1 Å². The van der Waals surface area contributed by atoms with Crippen molar-refractivity contribution in [3.05, 3.63) is 51.7 Å². The maximum absolute atomic E-state index is 13.1. The van der Waals surface area contributed by atoms with Gasteiger partial charge in [-0.15, -0.1) is 0 Å². The van der Waals surface area contributed by atoms with Crippen LogP contribution in [0.15, 0.2) is 45.4 Å². The van der Waals surface area contributed by atoms with Gasteiger partial charge in [-0.2, -0.15) is 4.98 Å². The molecule has 1 heterocycles. The molecule has 7 heteroatoms. The molecule has 0 amide bonds. The van der Waals surface area contributed by atoms with Gasteiger partial charge < -0.3 is 10.3 Å². The zero-order valence-electron chi connectivity index (χ0n) is 10.5. The second-order valence-corrected chi connectivity index (χ2v) is 5.57. The fraction of sp³-hybridized carbons (Fsp3) is 0. The average molecular weight is 369 g/mol. The molecule has 0 fully saturated rings. The summed E-state index contributed by atoms with van der Waals surface area (Å²) in [7, 11) is 0. The molecule has 0 aliphatic heterocycles. The quantitative estimate of drug-likeness (QED) is 0.674. The molecule has 3 rings (SSSR count). The van der Waals surface area contributed by atoms with Crippen LogP contribution >= 0.6 is 27.5 Å². The van der Waals surface area contributed by atoms with Gasteiger partial charge in [0.05, 0.1) is 5.56 Å². The number of nitrogen functional groups attached to an aromatic ring is 1. The van der Waals surface area contributed by atoms with Gasteiger partial charge in [0, 0.05) is 20.7 Å². The smallest absolute Gasteiger partial charge is 0.260 e. The molecule has 0 radical (unpaired) electrons. The van der Waals surface area contributed by atoms with Crippen molar-refractivity contribution in [1.29, 1.82) is 0 Å². The van der Waals surface area contributed by atoms with E-state index in [9.17, 15) is 4.39 Å². The molecule has 0 saturated carbocycles. The first-order valence-corrected chi connectivity index (χ1v) is 7.06. The maximum atomic E-state index is 13.1. The summed E-state index contributed by atoms with van der Waals surface area (Å²) in [5.74, 6) is 0.262. The number of nitrogens with two attached hydrogens (primary N) is 1. The van der Waals surface area contributed by atoms with Gasteiger partial charge >= 0.3 is 0 Å². The van der Waals surface area contributed by atoms with Gasteiger partial charge in [0.25, 0.3) is 5.89 Å². The van der Waals surface area contributed by atoms with E-state index < -0.39 is 0 Å². The van der Waals surface area contributed by atoms with Crippen LogP contribution in [-0.2, 0) is 0 Å². The molecular weight excluding hydrogens is 361 g/mol. The van der Waals surface area contributed by atoms with Crippen molar-refractivity contribution in [2.24, 2.45) is 0 Å². The molecule has 0 unspecified atom stereocenters. The molecule has 106 valence electrons. The summed E-state index contributed by atoms with van der Waals surface area (Å²) in [6.45, 7) is 0. The number of hydrogen-bond donors (Lipinski definition) is 1. The third-order valence-electron chi connectivity index (χ3n) is 2.84. The van der Waals surface area contributed by atoms with Crippen molar-refractivity contribution in [3.8, 4) is 22.8 Å². The number of rotatable bonds is 2. The van der Waals surface area contributed by atoms with Crippen LogP contribution in [0.3, 0.4) is 0 Å². The standard InChI is InChI=1S/C14H8BrClFN3O/c15-11-6-8(17)2-4-9(11)13-19-14(21-20-13)10-3-1-7(16)5-12(10)18/h1-6H,18H2. The topological polar surface area (TPSA) is 64.9 Å². The van der Waals surface area contributed by atoms with E-state index in [4.69, 9.17) is 21.9 Å². The van der Waals surface area contributed by atoms with Crippen LogP contribution in [0.5, 0.6) is 0 Å². The van der Waals surface area contributed by atoms with Crippen molar-refractivity contribution in [2.45, 2.75) is 0 Å². The van der Waals surface area contributed by atoms with Crippen molar-refractivity contribution in [2.75, 3.05) is 5.73 Å². The molecule has 0 spiro atoms. The molecule has 2 N–H and O–H groups in total. The molecular formula is C14H8BrClFN3O. The highest BCUT2D eigenvalue weighted by atomic mass is 79.9. The minimum atomic E-state index is -0.351. The van der Waals surface area contributed by atoms with E-state index in [1.54, 1.807) is 24.3 Å². The minimum Gasteiger partial charge on any atom is -0.398 e. The van der Waals surface area contributed by atoms with Gasteiger partial charge in [-0.3, -0.25) is 0 Å². The molecule has 0 saturated heterocycles. The predicted octanol–water partition coefficient (Wildman–Crippen LogP) is 4.54. The second kappa shape index (κ2) is 5.46. The summed E-state index contributed by atoms with van der Waals surface area (Å²) in [5, 5.41) is 4.42. The van der Waals surface area contributed by atoms with Crippen molar-refractivity contribution in [3.63, 3.8) is 0 Å². The lowest BCUT2D eigenvalue weighted by atomic mass is 10.2. The first-order valence-electron chi connectivity index (χ1n) is 5.89. The summed E-state index contributed by atoms with van der Waals surface area (Å²) in [6, 6.07) is 9.22. The number of anilines is 1. The summed E-state index contributed by atoms with van der Waals surface area (Å²) < 4.78 is 18.9. The Bertz CT molecular complexity index is 756. The van der Waals surface area contributed by atoms with Crippen LogP contribution in [0.1, 0.15) is 0 Å². The monoisotopic (exact) mass is 367 g/mol. The van der Waals surface area contributed by atoms with Gasteiger partial charge in [-0.25, -0.2) is 4.39 Å². The Balaban J connectivity index is 2.03.